The Morgan fingerprint density at radius 3 is 2.59 bits per heavy atom. The Hall–Kier alpha value is -3.57. The summed E-state index contributed by atoms with van der Waals surface area (Å²) in [5.74, 6) is -0.649. The summed E-state index contributed by atoms with van der Waals surface area (Å²) in [5.41, 5.74) is 4.03. The molecule has 2 N–H and O–H groups in total. The number of fused-ring (bicyclic) bond motifs is 1. The van der Waals surface area contributed by atoms with Crippen LogP contribution in [0.2, 0.25) is 0 Å². The molecule has 32 heavy (non-hydrogen) atoms. The third-order valence-corrected chi connectivity index (χ3v) is 5.36. The Labute approximate surface area is 186 Å². The van der Waals surface area contributed by atoms with E-state index in [1.54, 1.807) is 30.5 Å². The Balaban J connectivity index is 1.87. The predicted molar refractivity (Wildman–Crippen MR) is 125 cm³/mol. The van der Waals surface area contributed by atoms with Crippen LogP contribution in [-0.4, -0.2) is 22.0 Å². The number of aryl methyl sites for hydroxylation is 1. The van der Waals surface area contributed by atoms with Crippen LogP contribution in [0.1, 0.15) is 47.0 Å². The van der Waals surface area contributed by atoms with E-state index in [4.69, 9.17) is 0 Å². The normalized spacial score (nSPS) is 12.2. The van der Waals surface area contributed by atoms with Gasteiger partial charge >= 0.3 is 0 Å². The van der Waals surface area contributed by atoms with Gasteiger partial charge in [-0.2, -0.15) is 0 Å². The Morgan fingerprint density at radius 1 is 1.03 bits per heavy atom. The maximum atomic E-state index is 14.8. The molecule has 0 fully saturated rings. The van der Waals surface area contributed by atoms with Gasteiger partial charge in [-0.25, -0.2) is 4.39 Å². The summed E-state index contributed by atoms with van der Waals surface area (Å²) in [6.45, 7) is 5.57. The smallest absolute Gasteiger partial charge is 0.251 e. The molecule has 0 bridgehead atoms. The molecule has 3 aromatic carbocycles. The summed E-state index contributed by atoms with van der Waals surface area (Å²) in [6, 6.07) is 19.3. The largest absolute Gasteiger partial charge is 0.384 e. The maximum absolute atomic E-state index is 14.8. The third-order valence-electron chi connectivity index (χ3n) is 5.36. The molecule has 162 valence electrons. The SMILES string of the molecule is Cc1ccc(-c2cc(C(=O)NC(C)C)cc(C(O)c3cccc4ncccc34)c2)c(F)c1. The molecule has 4 aromatic rings. The van der Waals surface area contributed by atoms with Crippen LogP contribution in [0, 0.1) is 12.7 Å². The number of amides is 1. The average molecular weight is 429 g/mol. The van der Waals surface area contributed by atoms with Crippen LogP contribution in [0.15, 0.2) is 72.9 Å². The van der Waals surface area contributed by atoms with E-state index in [1.807, 2.05) is 57.2 Å². The Kier molecular flexibility index (Phi) is 6.01. The summed E-state index contributed by atoms with van der Waals surface area (Å²) in [7, 11) is 0. The first-order valence-corrected chi connectivity index (χ1v) is 10.6. The van der Waals surface area contributed by atoms with E-state index in [1.165, 1.54) is 6.07 Å². The number of halogens is 1. The van der Waals surface area contributed by atoms with Gasteiger partial charge in [-0.05, 0) is 79.4 Å². The number of rotatable bonds is 5. The van der Waals surface area contributed by atoms with Gasteiger partial charge < -0.3 is 10.4 Å². The minimum absolute atomic E-state index is 0.0558. The minimum Gasteiger partial charge on any atom is -0.384 e. The number of hydrogen-bond acceptors (Lipinski definition) is 3. The molecule has 1 atom stereocenters. The van der Waals surface area contributed by atoms with Gasteiger partial charge in [0, 0.05) is 28.8 Å². The second-order valence-corrected chi connectivity index (χ2v) is 8.28. The monoisotopic (exact) mass is 428 g/mol. The quantitative estimate of drug-likeness (QED) is 0.437. The molecule has 0 saturated heterocycles. The lowest BCUT2D eigenvalue weighted by Crippen LogP contribution is -2.30. The summed E-state index contributed by atoms with van der Waals surface area (Å²) in [4.78, 5) is 17.2. The van der Waals surface area contributed by atoms with Crippen molar-refractivity contribution in [2.45, 2.75) is 32.9 Å². The molecule has 1 unspecified atom stereocenters. The number of pyridine rings is 1. The van der Waals surface area contributed by atoms with E-state index >= 15 is 0 Å². The highest BCUT2D eigenvalue weighted by molar-refractivity contribution is 5.96. The van der Waals surface area contributed by atoms with Crippen molar-refractivity contribution in [1.82, 2.24) is 10.3 Å². The van der Waals surface area contributed by atoms with Gasteiger partial charge in [0.25, 0.3) is 5.91 Å². The molecule has 5 heteroatoms. The number of aliphatic hydroxyl groups is 1. The standard InChI is InChI=1S/C27H25FN2O2/c1-16(2)30-27(32)20-14-18(21-10-9-17(3)12-24(21)28)13-19(15-20)26(31)23-6-4-8-25-22(23)7-5-11-29-25/h4-16,26,31H,1-3H3,(H,30,32). The summed E-state index contributed by atoms with van der Waals surface area (Å²) in [5, 5.41) is 15.0. The van der Waals surface area contributed by atoms with E-state index in [9.17, 15) is 14.3 Å². The maximum Gasteiger partial charge on any atom is 0.251 e. The number of hydrogen-bond donors (Lipinski definition) is 2. The van der Waals surface area contributed by atoms with Crippen molar-refractivity contribution < 1.29 is 14.3 Å². The van der Waals surface area contributed by atoms with Crippen molar-refractivity contribution in [3.8, 4) is 11.1 Å². The van der Waals surface area contributed by atoms with Crippen molar-refractivity contribution in [3.05, 3.63) is 101 Å². The van der Waals surface area contributed by atoms with E-state index in [-0.39, 0.29) is 17.8 Å². The van der Waals surface area contributed by atoms with Gasteiger partial charge in [-0.15, -0.1) is 0 Å². The minimum atomic E-state index is -1.01. The lowest BCUT2D eigenvalue weighted by Gasteiger charge is -2.18. The first-order chi connectivity index (χ1) is 15.3. The van der Waals surface area contributed by atoms with Crippen LogP contribution in [0.5, 0.6) is 0 Å². The zero-order valence-electron chi connectivity index (χ0n) is 18.3. The van der Waals surface area contributed by atoms with Crippen LogP contribution < -0.4 is 5.32 Å². The van der Waals surface area contributed by atoms with Gasteiger partial charge in [-0.3, -0.25) is 9.78 Å². The lowest BCUT2D eigenvalue weighted by molar-refractivity contribution is 0.0943. The van der Waals surface area contributed by atoms with Gasteiger partial charge in [0.05, 0.1) is 5.52 Å². The Morgan fingerprint density at radius 2 is 1.84 bits per heavy atom. The fourth-order valence-corrected chi connectivity index (χ4v) is 3.84. The van der Waals surface area contributed by atoms with Crippen molar-refractivity contribution in [3.63, 3.8) is 0 Å². The molecular weight excluding hydrogens is 403 g/mol. The molecule has 1 heterocycles. The van der Waals surface area contributed by atoms with E-state index in [0.717, 1.165) is 16.5 Å². The molecule has 0 aliphatic carbocycles. The summed E-state index contributed by atoms with van der Waals surface area (Å²) < 4.78 is 14.8. The molecule has 1 amide bonds. The highest BCUT2D eigenvalue weighted by Crippen LogP contribution is 2.33. The predicted octanol–water partition coefficient (Wildman–Crippen LogP) is 5.57. The fourth-order valence-electron chi connectivity index (χ4n) is 3.84. The van der Waals surface area contributed by atoms with E-state index in [0.29, 0.717) is 27.8 Å². The van der Waals surface area contributed by atoms with E-state index in [2.05, 4.69) is 10.3 Å². The fraction of sp³-hybridized carbons (Fsp3) is 0.185. The number of nitrogens with one attached hydrogen (secondary N) is 1. The number of aliphatic hydroxyl groups excluding tert-OH is 1. The van der Waals surface area contributed by atoms with Crippen molar-refractivity contribution >= 4 is 16.8 Å². The molecule has 1 aromatic heterocycles. The topological polar surface area (TPSA) is 62.2 Å². The number of benzene rings is 3. The van der Waals surface area contributed by atoms with Crippen LogP contribution in [0.25, 0.3) is 22.0 Å². The highest BCUT2D eigenvalue weighted by atomic mass is 19.1. The van der Waals surface area contributed by atoms with Crippen LogP contribution in [0.3, 0.4) is 0 Å². The zero-order chi connectivity index (χ0) is 22.8. The number of nitrogens with zero attached hydrogens (tertiary/aromatic N) is 1. The molecular formula is C27H25FN2O2. The first kappa shape index (κ1) is 21.7. The highest BCUT2D eigenvalue weighted by Gasteiger charge is 2.19. The van der Waals surface area contributed by atoms with Gasteiger partial charge in [0.2, 0.25) is 0 Å². The number of carbonyl (C=O) groups excluding carboxylic acids is 1. The molecule has 0 saturated carbocycles. The average Bonchev–Trinajstić information content (AvgIpc) is 2.77. The Bertz CT molecular complexity index is 1290. The summed E-state index contributed by atoms with van der Waals surface area (Å²) in [6.07, 6.45) is 0.690. The van der Waals surface area contributed by atoms with Gasteiger partial charge in [0.15, 0.2) is 0 Å². The molecule has 0 aliphatic rings. The molecule has 4 rings (SSSR count). The third kappa shape index (κ3) is 4.39. The van der Waals surface area contributed by atoms with Crippen molar-refractivity contribution in [1.29, 1.82) is 0 Å². The molecule has 0 spiro atoms. The number of aromatic nitrogens is 1. The van der Waals surface area contributed by atoms with Gasteiger partial charge in [0.1, 0.15) is 11.9 Å². The summed E-state index contributed by atoms with van der Waals surface area (Å²) >= 11 is 0. The van der Waals surface area contributed by atoms with Gasteiger partial charge in [-0.1, -0.05) is 30.3 Å². The molecule has 0 radical (unpaired) electrons. The van der Waals surface area contributed by atoms with E-state index < -0.39 is 6.10 Å². The lowest BCUT2D eigenvalue weighted by atomic mass is 9.92. The zero-order valence-corrected chi connectivity index (χ0v) is 18.3. The van der Waals surface area contributed by atoms with Crippen LogP contribution in [0.4, 0.5) is 4.39 Å². The van der Waals surface area contributed by atoms with Crippen molar-refractivity contribution in [2.75, 3.05) is 0 Å². The second-order valence-electron chi connectivity index (χ2n) is 8.28. The number of carbonyl (C=O) groups is 1. The second kappa shape index (κ2) is 8.89. The first-order valence-electron chi connectivity index (χ1n) is 10.6. The molecule has 4 nitrogen and oxygen atoms in total. The molecule has 0 aliphatic heterocycles. The van der Waals surface area contributed by atoms with Crippen LogP contribution >= 0.6 is 0 Å². The van der Waals surface area contributed by atoms with Crippen molar-refractivity contribution in [2.24, 2.45) is 0 Å². The van der Waals surface area contributed by atoms with Crippen LogP contribution in [-0.2, 0) is 0 Å².